The predicted molar refractivity (Wildman–Crippen MR) is 61.4 cm³/mol. The van der Waals surface area contributed by atoms with Crippen LogP contribution in [0.1, 0.15) is 5.56 Å². The van der Waals surface area contributed by atoms with E-state index in [1.165, 1.54) is 19.2 Å². The molecule has 6 nitrogen and oxygen atoms in total. The largest absolute Gasteiger partial charge is 0.504 e. The van der Waals surface area contributed by atoms with Crippen molar-refractivity contribution in [3.63, 3.8) is 0 Å². The van der Waals surface area contributed by atoms with Crippen LogP contribution in [0, 0.1) is 11.3 Å². The molecule has 0 aliphatic heterocycles. The van der Waals surface area contributed by atoms with Gasteiger partial charge in [-0.25, -0.2) is 0 Å². The van der Waals surface area contributed by atoms with E-state index in [0.717, 1.165) is 0 Å². The van der Waals surface area contributed by atoms with E-state index >= 15 is 0 Å². The number of ether oxygens (including phenoxy) is 1. The third-order valence-electron chi connectivity index (χ3n) is 2.31. The van der Waals surface area contributed by atoms with E-state index in [9.17, 15) is 5.11 Å². The number of nitriles is 1. The first-order valence-electron chi connectivity index (χ1n) is 4.78. The highest BCUT2D eigenvalue weighted by Crippen LogP contribution is 2.37. The number of nitrogens with zero attached hydrogens (tertiary/aromatic N) is 2. The molecule has 0 fully saturated rings. The van der Waals surface area contributed by atoms with Crippen molar-refractivity contribution in [2.24, 2.45) is 0 Å². The molecule has 0 saturated carbocycles. The Balaban J connectivity index is 2.64. The van der Waals surface area contributed by atoms with Gasteiger partial charge in [-0.1, -0.05) is 0 Å². The molecule has 1 heterocycles. The van der Waals surface area contributed by atoms with Gasteiger partial charge in [-0.3, -0.25) is 5.10 Å². The quantitative estimate of drug-likeness (QED) is 0.719. The van der Waals surface area contributed by atoms with Crippen LogP contribution in [0.3, 0.4) is 0 Å². The fourth-order valence-electron chi connectivity index (χ4n) is 1.51. The summed E-state index contributed by atoms with van der Waals surface area (Å²) in [6, 6.07) is 6.54. The van der Waals surface area contributed by atoms with Crippen molar-refractivity contribution in [1.82, 2.24) is 10.2 Å². The molecule has 86 valence electrons. The molecule has 0 bridgehead atoms. The second-order valence-electron chi connectivity index (χ2n) is 3.39. The summed E-state index contributed by atoms with van der Waals surface area (Å²) in [5, 5.41) is 25.3. The van der Waals surface area contributed by atoms with E-state index < -0.39 is 0 Å². The van der Waals surface area contributed by atoms with E-state index in [-0.39, 0.29) is 11.5 Å². The first-order chi connectivity index (χ1) is 8.15. The molecule has 1 aromatic heterocycles. The molecule has 6 heteroatoms. The van der Waals surface area contributed by atoms with Crippen LogP contribution in [0.25, 0.3) is 11.3 Å². The van der Waals surface area contributed by atoms with Gasteiger partial charge in [0.15, 0.2) is 11.5 Å². The number of nitrogen functional groups attached to an aromatic ring is 1. The van der Waals surface area contributed by atoms with Crippen LogP contribution in [0.15, 0.2) is 18.2 Å². The number of H-pyrrole nitrogens is 1. The van der Waals surface area contributed by atoms with Crippen molar-refractivity contribution in [2.45, 2.75) is 0 Å². The second-order valence-corrected chi connectivity index (χ2v) is 3.39. The molecule has 0 spiro atoms. The first kappa shape index (κ1) is 10.8. The summed E-state index contributed by atoms with van der Waals surface area (Å²) in [5.74, 6) is 0.475. The van der Waals surface area contributed by atoms with Crippen molar-refractivity contribution in [2.75, 3.05) is 12.8 Å². The Kier molecular flexibility index (Phi) is 2.58. The molecule has 4 N–H and O–H groups in total. The number of anilines is 1. The zero-order chi connectivity index (χ0) is 12.4. The van der Waals surface area contributed by atoms with E-state index in [1.54, 1.807) is 6.07 Å². The Hall–Kier alpha value is -2.68. The van der Waals surface area contributed by atoms with Gasteiger partial charge in [-0.2, -0.15) is 10.4 Å². The summed E-state index contributed by atoms with van der Waals surface area (Å²) in [6.07, 6.45) is 0. The molecule has 0 aliphatic rings. The highest BCUT2D eigenvalue weighted by Gasteiger charge is 2.14. The number of benzene rings is 1. The SMILES string of the molecule is COc1cc(C#N)cc(-c2cc(N)n[nH]2)c1O. The standard InChI is InChI=1S/C11H10N4O2/c1-17-9-3-6(5-12)2-7(11(9)16)8-4-10(13)15-14-8/h2-4,16H,1H3,(H3,13,14,15). The Morgan fingerprint density at radius 2 is 2.24 bits per heavy atom. The summed E-state index contributed by atoms with van der Waals surface area (Å²) in [7, 11) is 1.42. The van der Waals surface area contributed by atoms with Crippen molar-refractivity contribution < 1.29 is 9.84 Å². The van der Waals surface area contributed by atoms with Crippen molar-refractivity contribution in [3.05, 3.63) is 23.8 Å². The van der Waals surface area contributed by atoms with Crippen molar-refractivity contribution in [3.8, 4) is 28.8 Å². The van der Waals surface area contributed by atoms with Gasteiger partial charge >= 0.3 is 0 Å². The van der Waals surface area contributed by atoms with Crippen molar-refractivity contribution >= 4 is 5.82 Å². The van der Waals surface area contributed by atoms with E-state index in [0.29, 0.717) is 22.6 Å². The van der Waals surface area contributed by atoms with E-state index in [4.69, 9.17) is 15.7 Å². The summed E-state index contributed by atoms with van der Waals surface area (Å²) < 4.78 is 4.99. The van der Waals surface area contributed by atoms with Crippen LogP contribution in [-0.4, -0.2) is 22.4 Å². The number of phenols is 1. The van der Waals surface area contributed by atoms with Gasteiger partial charge in [-0.15, -0.1) is 0 Å². The van der Waals surface area contributed by atoms with Crippen molar-refractivity contribution in [1.29, 1.82) is 5.26 Å². The van der Waals surface area contributed by atoms with Crippen LogP contribution in [0.2, 0.25) is 0 Å². The smallest absolute Gasteiger partial charge is 0.167 e. The maximum atomic E-state index is 9.95. The van der Waals surface area contributed by atoms with Crippen LogP contribution in [0.5, 0.6) is 11.5 Å². The van der Waals surface area contributed by atoms with Gasteiger partial charge < -0.3 is 15.6 Å². The van der Waals surface area contributed by atoms with Crippen LogP contribution >= 0.6 is 0 Å². The summed E-state index contributed by atoms with van der Waals surface area (Å²) >= 11 is 0. The van der Waals surface area contributed by atoms with Crippen LogP contribution in [0.4, 0.5) is 5.82 Å². The lowest BCUT2D eigenvalue weighted by atomic mass is 10.1. The summed E-state index contributed by atoms with van der Waals surface area (Å²) in [4.78, 5) is 0. The molecular weight excluding hydrogens is 220 g/mol. The number of nitrogens with two attached hydrogens (primary N) is 1. The number of hydrogen-bond donors (Lipinski definition) is 3. The topological polar surface area (TPSA) is 108 Å². The number of rotatable bonds is 2. The number of methoxy groups -OCH3 is 1. The highest BCUT2D eigenvalue weighted by atomic mass is 16.5. The number of nitrogens with one attached hydrogen (secondary N) is 1. The summed E-state index contributed by atoms with van der Waals surface area (Å²) in [5.41, 5.74) is 6.81. The molecule has 0 aliphatic carbocycles. The Morgan fingerprint density at radius 3 is 2.76 bits per heavy atom. The van der Waals surface area contributed by atoms with Gasteiger partial charge in [-0.05, 0) is 6.07 Å². The zero-order valence-electron chi connectivity index (χ0n) is 9.06. The van der Waals surface area contributed by atoms with E-state index in [1.807, 2.05) is 6.07 Å². The third-order valence-corrected chi connectivity index (χ3v) is 2.31. The molecule has 17 heavy (non-hydrogen) atoms. The minimum atomic E-state index is -0.0600. The molecule has 1 aromatic carbocycles. The summed E-state index contributed by atoms with van der Waals surface area (Å²) in [6.45, 7) is 0. The maximum Gasteiger partial charge on any atom is 0.167 e. The van der Waals surface area contributed by atoms with Gasteiger partial charge in [0.2, 0.25) is 0 Å². The fourth-order valence-corrected chi connectivity index (χ4v) is 1.51. The van der Waals surface area contributed by atoms with Crippen LogP contribution < -0.4 is 10.5 Å². The molecule has 0 amide bonds. The number of hydrogen-bond acceptors (Lipinski definition) is 5. The zero-order valence-corrected chi connectivity index (χ0v) is 9.06. The third kappa shape index (κ3) is 1.86. The van der Waals surface area contributed by atoms with Gasteiger partial charge in [0.25, 0.3) is 0 Å². The lowest BCUT2D eigenvalue weighted by Gasteiger charge is -2.08. The lowest BCUT2D eigenvalue weighted by molar-refractivity contribution is 0.374. The average Bonchev–Trinajstić information content (AvgIpc) is 2.76. The molecule has 0 radical (unpaired) electrons. The molecule has 2 rings (SSSR count). The first-order valence-corrected chi connectivity index (χ1v) is 4.78. The Labute approximate surface area is 97.3 Å². The Morgan fingerprint density at radius 1 is 1.47 bits per heavy atom. The molecule has 0 atom stereocenters. The second kappa shape index (κ2) is 4.06. The van der Waals surface area contributed by atoms with Gasteiger partial charge in [0.1, 0.15) is 5.82 Å². The number of aromatic nitrogens is 2. The monoisotopic (exact) mass is 230 g/mol. The van der Waals surface area contributed by atoms with Gasteiger partial charge in [0, 0.05) is 17.7 Å². The van der Waals surface area contributed by atoms with Crippen LogP contribution in [-0.2, 0) is 0 Å². The minimum Gasteiger partial charge on any atom is -0.504 e. The number of aromatic amines is 1. The molecule has 0 unspecified atom stereocenters. The fraction of sp³-hybridized carbons (Fsp3) is 0.0909. The predicted octanol–water partition coefficient (Wildman–Crippen LogP) is 1.24. The Bertz CT molecular complexity index is 598. The average molecular weight is 230 g/mol. The number of phenolic OH excluding ortho intramolecular Hbond substituents is 1. The highest BCUT2D eigenvalue weighted by molar-refractivity contribution is 5.74. The maximum absolute atomic E-state index is 9.95. The number of aromatic hydroxyl groups is 1. The molecule has 2 aromatic rings. The van der Waals surface area contributed by atoms with E-state index in [2.05, 4.69) is 10.2 Å². The minimum absolute atomic E-state index is 0.0600. The lowest BCUT2D eigenvalue weighted by Crippen LogP contribution is -1.89. The van der Waals surface area contributed by atoms with Gasteiger partial charge in [0.05, 0.1) is 24.4 Å². The molecule has 0 saturated heterocycles. The molecular formula is C11H10N4O2. The normalized spacial score (nSPS) is 9.88.